The summed E-state index contributed by atoms with van der Waals surface area (Å²) in [4.78, 5) is 16.6. The summed E-state index contributed by atoms with van der Waals surface area (Å²) in [5.41, 5.74) is 3.36. The van der Waals surface area contributed by atoms with E-state index in [0.29, 0.717) is 6.61 Å². The number of rotatable bonds is 6. The maximum absolute atomic E-state index is 12.3. The van der Waals surface area contributed by atoms with Crippen LogP contribution in [0.4, 0.5) is 11.4 Å². The van der Waals surface area contributed by atoms with Crippen LogP contribution in [0.15, 0.2) is 84.9 Å². The Kier molecular flexibility index (Phi) is 6.33. The Balaban J connectivity index is 1.34. The number of piperidine rings is 1. The van der Waals surface area contributed by atoms with Crippen molar-refractivity contribution >= 4 is 17.3 Å². The van der Waals surface area contributed by atoms with Crippen molar-refractivity contribution in [2.75, 3.05) is 22.9 Å². The molecule has 0 bridgehead atoms. The van der Waals surface area contributed by atoms with E-state index in [2.05, 4.69) is 29.2 Å². The first-order valence-corrected chi connectivity index (χ1v) is 10.6. The molecule has 1 saturated heterocycles. The molecule has 1 heterocycles. The third-order valence-electron chi connectivity index (χ3n) is 5.65. The number of carbonyl (C=O) groups is 1. The number of benzene rings is 3. The van der Waals surface area contributed by atoms with E-state index < -0.39 is 0 Å². The Bertz CT molecular complexity index is 934. The molecule has 1 aliphatic heterocycles. The number of ether oxygens (including phenoxy) is 1. The van der Waals surface area contributed by atoms with Crippen LogP contribution >= 0.6 is 0 Å². The lowest BCUT2D eigenvalue weighted by molar-refractivity contribution is -0.117. The quantitative estimate of drug-likeness (QED) is 0.564. The third-order valence-corrected chi connectivity index (χ3v) is 5.65. The van der Waals surface area contributed by atoms with E-state index in [1.807, 2.05) is 65.6 Å². The second kappa shape index (κ2) is 9.49. The lowest BCUT2D eigenvalue weighted by Gasteiger charge is -2.39. The van der Waals surface area contributed by atoms with Crippen LogP contribution in [-0.4, -0.2) is 25.0 Å². The average Bonchev–Trinajstić information content (AvgIpc) is 2.80. The number of hydrogen-bond acceptors (Lipinski definition) is 3. The van der Waals surface area contributed by atoms with E-state index in [-0.39, 0.29) is 11.9 Å². The smallest absolute Gasteiger partial charge is 0.224 e. The first-order chi connectivity index (χ1) is 14.7. The standard InChI is InChI=1S/C26H28N2O2/c1-21(29)28(24-10-6-3-7-11-24)25-16-18-27(19-17-25)23-12-14-26(15-13-23)30-20-22-8-4-2-5-9-22/h2-15,25H,16-20H2,1H3. The molecule has 0 aromatic heterocycles. The van der Waals surface area contributed by atoms with Crippen molar-refractivity contribution in [3.05, 3.63) is 90.5 Å². The van der Waals surface area contributed by atoms with Crippen LogP contribution in [0.3, 0.4) is 0 Å². The van der Waals surface area contributed by atoms with Crippen LogP contribution in [0.2, 0.25) is 0 Å². The van der Waals surface area contributed by atoms with Gasteiger partial charge in [-0.1, -0.05) is 48.5 Å². The van der Waals surface area contributed by atoms with Gasteiger partial charge in [-0.2, -0.15) is 0 Å². The fourth-order valence-corrected chi connectivity index (χ4v) is 4.11. The Labute approximate surface area is 178 Å². The second-order valence-corrected chi connectivity index (χ2v) is 7.71. The molecule has 0 spiro atoms. The highest BCUT2D eigenvalue weighted by atomic mass is 16.5. The van der Waals surface area contributed by atoms with E-state index in [1.54, 1.807) is 6.92 Å². The summed E-state index contributed by atoms with van der Waals surface area (Å²) in [6.07, 6.45) is 1.92. The fraction of sp³-hybridized carbons (Fsp3) is 0.269. The Morgan fingerprint density at radius 3 is 2.10 bits per heavy atom. The summed E-state index contributed by atoms with van der Waals surface area (Å²) in [5, 5.41) is 0. The molecule has 4 heteroatoms. The minimum atomic E-state index is 0.111. The van der Waals surface area contributed by atoms with Crippen LogP contribution in [0, 0.1) is 0 Å². The van der Waals surface area contributed by atoms with Gasteiger partial charge in [0.05, 0.1) is 0 Å². The normalized spacial score (nSPS) is 14.4. The zero-order valence-corrected chi connectivity index (χ0v) is 17.4. The van der Waals surface area contributed by atoms with Crippen LogP contribution in [0.1, 0.15) is 25.3 Å². The number of hydrogen-bond donors (Lipinski definition) is 0. The van der Waals surface area contributed by atoms with Gasteiger partial charge >= 0.3 is 0 Å². The Morgan fingerprint density at radius 2 is 1.50 bits per heavy atom. The highest BCUT2D eigenvalue weighted by Crippen LogP contribution is 2.27. The molecule has 4 rings (SSSR count). The minimum absolute atomic E-state index is 0.111. The van der Waals surface area contributed by atoms with Gasteiger partial charge in [0.2, 0.25) is 5.91 Å². The number of anilines is 2. The van der Waals surface area contributed by atoms with Crippen molar-refractivity contribution < 1.29 is 9.53 Å². The zero-order chi connectivity index (χ0) is 20.8. The van der Waals surface area contributed by atoms with Gasteiger partial charge in [-0.15, -0.1) is 0 Å². The third kappa shape index (κ3) is 4.82. The average molecular weight is 401 g/mol. The number of nitrogens with zero attached hydrogens (tertiary/aromatic N) is 2. The Hall–Kier alpha value is -3.27. The van der Waals surface area contributed by atoms with Gasteiger partial charge in [-0.3, -0.25) is 4.79 Å². The first kappa shape index (κ1) is 20.0. The minimum Gasteiger partial charge on any atom is -0.489 e. The summed E-state index contributed by atoms with van der Waals surface area (Å²) in [5.74, 6) is 0.990. The molecule has 0 atom stereocenters. The maximum Gasteiger partial charge on any atom is 0.224 e. The molecule has 1 amide bonds. The Morgan fingerprint density at radius 1 is 0.900 bits per heavy atom. The van der Waals surface area contributed by atoms with Crippen LogP contribution in [0.25, 0.3) is 0 Å². The number of amides is 1. The summed E-state index contributed by atoms with van der Waals surface area (Å²) in [6, 6.07) is 28.8. The predicted octanol–water partition coefficient (Wildman–Crippen LogP) is 5.29. The summed E-state index contributed by atoms with van der Waals surface area (Å²) in [6.45, 7) is 4.11. The first-order valence-electron chi connectivity index (χ1n) is 10.6. The van der Waals surface area contributed by atoms with Crippen LogP contribution < -0.4 is 14.5 Å². The van der Waals surface area contributed by atoms with Crippen molar-refractivity contribution in [1.82, 2.24) is 0 Å². The highest BCUT2D eigenvalue weighted by Gasteiger charge is 2.27. The van der Waals surface area contributed by atoms with Gasteiger partial charge in [0, 0.05) is 37.4 Å². The summed E-state index contributed by atoms with van der Waals surface area (Å²) >= 11 is 0. The van der Waals surface area contributed by atoms with Gasteiger partial charge in [-0.25, -0.2) is 0 Å². The van der Waals surface area contributed by atoms with Gasteiger partial charge in [-0.05, 0) is 54.8 Å². The van der Waals surface area contributed by atoms with Crippen molar-refractivity contribution in [2.24, 2.45) is 0 Å². The van der Waals surface area contributed by atoms with Gasteiger partial charge < -0.3 is 14.5 Å². The van der Waals surface area contributed by atoms with Gasteiger partial charge in [0.25, 0.3) is 0 Å². The van der Waals surface area contributed by atoms with Crippen molar-refractivity contribution in [3.8, 4) is 5.75 Å². The number of para-hydroxylation sites is 1. The molecule has 0 unspecified atom stereocenters. The molecule has 4 nitrogen and oxygen atoms in total. The van der Waals surface area contributed by atoms with E-state index in [4.69, 9.17) is 4.74 Å². The molecule has 3 aromatic carbocycles. The molecular formula is C26H28N2O2. The predicted molar refractivity (Wildman–Crippen MR) is 122 cm³/mol. The molecule has 30 heavy (non-hydrogen) atoms. The second-order valence-electron chi connectivity index (χ2n) is 7.71. The maximum atomic E-state index is 12.3. The van der Waals surface area contributed by atoms with Crippen molar-refractivity contribution in [3.63, 3.8) is 0 Å². The molecule has 3 aromatic rings. The van der Waals surface area contributed by atoms with E-state index in [1.165, 1.54) is 5.69 Å². The molecule has 0 saturated carbocycles. The van der Waals surface area contributed by atoms with Crippen molar-refractivity contribution in [2.45, 2.75) is 32.4 Å². The molecule has 0 N–H and O–H groups in total. The monoisotopic (exact) mass is 400 g/mol. The number of carbonyl (C=O) groups excluding carboxylic acids is 1. The summed E-state index contributed by atoms with van der Waals surface area (Å²) < 4.78 is 5.90. The largest absolute Gasteiger partial charge is 0.489 e. The lowest BCUT2D eigenvalue weighted by Crippen LogP contribution is -2.47. The van der Waals surface area contributed by atoms with E-state index in [9.17, 15) is 4.79 Å². The SMILES string of the molecule is CC(=O)N(c1ccccc1)C1CCN(c2ccc(OCc3ccccc3)cc2)CC1. The molecule has 0 radical (unpaired) electrons. The fourth-order valence-electron chi connectivity index (χ4n) is 4.11. The molecule has 154 valence electrons. The van der Waals surface area contributed by atoms with Crippen LogP contribution in [0.5, 0.6) is 5.75 Å². The van der Waals surface area contributed by atoms with Crippen LogP contribution in [-0.2, 0) is 11.4 Å². The molecule has 0 aliphatic carbocycles. The van der Waals surface area contributed by atoms with Gasteiger partial charge in [0.1, 0.15) is 12.4 Å². The molecule has 1 fully saturated rings. The zero-order valence-electron chi connectivity index (χ0n) is 17.4. The molecular weight excluding hydrogens is 372 g/mol. The lowest BCUT2D eigenvalue weighted by atomic mass is 10.0. The van der Waals surface area contributed by atoms with Crippen molar-refractivity contribution in [1.29, 1.82) is 0 Å². The highest BCUT2D eigenvalue weighted by molar-refractivity contribution is 5.92. The van der Waals surface area contributed by atoms with E-state index >= 15 is 0 Å². The van der Waals surface area contributed by atoms with E-state index in [0.717, 1.165) is 42.9 Å². The molecule has 1 aliphatic rings. The topological polar surface area (TPSA) is 32.8 Å². The summed E-state index contributed by atoms with van der Waals surface area (Å²) in [7, 11) is 0. The van der Waals surface area contributed by atoms with Gasteiger partial charge in [0.15, 0.2) is 0 Å².